The molecule has 1 aromatic carbocycles. The van der Waals surface area contributed by atoms with E-state index in [1.165, 1.54) is 10.5 Å². The quantitative estimate of drug-likeness (QED) is 0.816. The van der Waals surface area contributed by atoms with Crippen LogP contribution in [-0.2, 0) is 6.42 Å². The van der Waals surface area contributed by atoms with Gasteiger partial charge in [-0.3, -0.25) is 0 Å². The molecule has 0 radical (unpaired) electrons. The van der Waals surface area contributed by atoms with E-state index in [9.17, 15) is 0 Å². The highest BCUT2D eigenvalue weighted by atomic mass is 35.5. The Labute approximate surface area is 101 Å². The normalized spacial score (nSPS) is 13.2. The average Bonchev–Trinajstić information content (AvgIpc) is 2.09. The molecule has 0 heterocycles. The van der Waals surface area contributed by atoms with Gasteiger partial charge in [0.25, 0.3) is 0 Å². The molecule has 0 aliphatic heterocycles. The monoisotopic (exact) mass is 243 g/mol. The van der Waals surface area contributed by atoms with Crippen LogP contribution in [0.3, 0.4) is 0 Å². The Kier molecular flexibility index (Phi) is 4.97. The van der Waals surface area contributed by atoms with Gasteiger partial charge in [0.15, 0.2) is 0 Å². The molecular weight excluding hydrogens is 226 g/mol. The maximum absolute atomic E-state index is 6.19. The van der Waals surface area contributed by atoms with Gasteiger partial charge >= 0.3 is 0 Å². The van der Waals surface area contributed by atoms with Crippen molar-refractivity contribution in [2.45, 2.75) is 43.4 Å². The summed E-state index contributed by atoms with van der Waals surface area (Å²) < 4.78 is 0. The van der Waals surface area contributed by atoms with E-state index in [1.54, 1.807) is 0 Å². The van der Waals surface area contributed by atoms with E-state index in [-0.39, 0.29) is 6.04 Å². The van der Waals surface area contributed by atoms with Gasteiger partial charge in [0.1, 0.15) is 0 Å². The maximum Gasteiger partial charge on any atom is 0.0449 e. The van der Waals surface area contributed by atoms with Crippen LogP contribution in [0.4, 0.5) is 0 Å². The molecule has 0 aliphatic rings. The van der Waals surface area contributed by atoms with E-state index in [4.69, 9.17) is 17.3 Å². The third-order valence-corrected chi connectivity index (χ3v) is 3.43. The summed E-state index contributed by atoms with van der Waals surface area (Å²) in [5, 5.41) is 1.40. The van der Waals surface area contributed by atoms with Crippen molar-refractivity contribution in [2.24, 2.45) is 5.73 Å². The Balaban J connectivity index is 2.97. The van der Waals surface area contributed by atoms with Gasteiger partial charge in [-0.25, -0.2) is 0 Å². The summed E-state index contributed by atoms with van der Waals surface area (Å²) in [4.78, 5) is 1.26. The fraction of sp³-hybridized carbons (Fsp3) is 0.500. The standard InChI is InChI=1S/C12H18ClNS/c1-8(2)15-12-6-4-5-11(13)10(12)7-9(3)14/h4-6,8-9H,7,14H2,1-3H3/t9-/m1/s1. The van der Waals surface area contributed by atoms with E-state index in [0.29, 0.717) is 5.25 Å². The third kappa shape index (κ3) is 4.06. The molecule has 1 nitrogen and oxygen atoms in total. The van der Waals surface area contributed by atoms with E-state index >= 15 is 0 Å². The molecule has 15 heavy (non-hydrogen) atoms. The number of rotatable bonds is 4. The minimum absolute atomic E-state index is 0.149. The van der Waals surface area contributed by atoms with Crippen LogP contribution in [0.25, 0.3) is 0 Å². The zero-order chi connectivity index (χ0) is 11.4. The van der Waals surface area contributed by atoms with E-state index in [0.717, 1.165) is 11.4 Å². The molecule has 1 aromatic rings. The molecule has 0 unspecified atom stereocenters. The number of benzene rings is 1. The SMILES string of the molecule is CC(C)Sc1cccc(Cl)c1C[C@@H](C)N. The first-order valence-electron chi connectivity index (χ1n) is 5.20. The van der Waals surface area contributed by atoms with Gasteiger partial charge in [0, 0.05) is 21.2 Å². The van der Waals surface area contributed by atoms with Crippen molar-refractivity contribution in [3.8, 4) is 0 Å². The lowest BCUT2D eigenvalue weighted by atomic mass is 10.1. The molecule has 0 aliphatic carbocycles. The van der Waals surface area contributed by atoms with Crippen LogP contribution in [0.2, 0.25) is 5.02 Å². The second-order valence-electron chi connectivity index (χ2n) is 4.06. The number of thioether (sulfide) groups is 1. The lowest BCUT2D eigenvalue weighted by molar-refractivity contribution is 0.729. The Morgan fingerprint density at radius 2 is 2.00 bits per heavy atom. The van der Waals surface area contributed by atoms with Gasteiger partial charge in [0.05, 0.1) is 0 Å². The maximum atomic E-state index is 6.19. The van der Waals surface area contributed by atoms with Crippen LogP contribution < -0.4 is 5.73 Å². The molecule has 0 bridgehead atoms. The molecule has 0 saturated carbocycles. The second kappa shape index (κ2) is 5.78. The summed E-state index contributed by atoms with van der Waals surface area (Å²) in [5.41, 5.74) is 7.01. The summed E-state index contributed by atoms with van der Waals surface area (Å²) in [6.45, 7) is 6.37. The van der Waals surface area contributed by atoms with Gasteiger partial charge < -0.3 is 5.73 Å². The first-order chi connectivity index (χ1) is 7.00. The zero-order valence-corrected chi connectivity index (χ0v) is 11.0. The van der Waals surface area contributed by atoms with Crippen LogP contribution in [0.5, 0.6) is 0 Å². The van der Waals surface area contributed by atoms with Crippen molar-refractivity contribution < 1.29 is 0 Å². The zero-order valence-electron chi connectivity index (χ0n) is 9.46. The van der Waals surface area contributed by atoms with Gasteiger partial charge in [0.2, 0.25) is 0 Å². The van der Waals surface area contributed by atoms with Crippen LogP contribution in [0, 0.1) is 0 Å². The number of nitrogens with two attached hydrogens (primary N) is 1. The van der Waals surface area contributed by atoms with Crippen molar-refractivity contribution in [3.05, 3.63) is 28.8 Å². The van der Waals surface area contributed by atoms with Crippen molar-refractivity contribution in [2.75, 3.05) is 0 Å². The highest BCUT2D eigenvalue weighted by Crippen LogP contribution is 2.31. The van der Waals surface area contributed by atoms with Crippen LogP contribution in [0.1, 0.15) is 26.3 Å². The van der Waals surface area contributed by atoms with Gasteiger partial charge in [-0.2, -0.15) is 0 Å². The Morgan fingerprint density at radius 1 is 1.33 bits per heavy atom. The predicted molar refractivity (Wildman–Crippen MR) is 69.8 cm³/mol. The fourth-order valence-electron chi connectivity index (χ4n) is 1.42. The average molecular weight is 244 g/mol. The second-order valence-corrected chi connectivity index (χ2v) is 6.09. The molecule has 0 amide bonds. The first-order valence-corrected chi connectivity index (χ1v) is 6.46. The molecule has 3 heteroatoms. The Hall–Kier alpha value is -0.180. The summed E-state index contributed by atoms with van der Waals surface area (Å²) in [7, 11) is 0. The van der Waals surface area contributed by atoms with Gasteiger partial charge in [-0.15, -0.1) is 11.8 Å². The van der Waals surface area contributed by atoms with Crippen molar-refractivity contribution >= 4 is 23.4 Å². The lowest BCUT2D eigenvalue weighted by Gasteiger charge is -2.14. The van der Waals surface area contributed by atoms with E-state index in [2.05, 4.69) is 19.9 Å². The van der Waals surface area contributed by atoms with Crippen LogP contribution >= 0.6 is 23.4 Å². The van der Waals surface area contributed by atoms with Crippen molar-refractivity contribution in [3.63, 3.8) is 0 Å². The molecule has 0 saturated heterocycles. The molecule has 84 valence electrons. The highest BCUT2D eigenvalue weighted by Gasteiger charge is 2.10. The summed E-state index contributed by atoms with van der Waals surface area (Å²) in [5.74, 6) is 0. The minimum Gasteiger partial charge on any atom is -0.328 e. The summed E-state index contributed by atoms with van der Waals surface area (Å²) in [6, 6.07) is 6.20. The molecule has 2 N–H and O–H groups in total. The molecule has 1 atom stereocenters. The summed E-state index contributed by atoms with van der Waals surface area (Å²) in [6.07, 6.45) is 0.842. The number of hydrogen-bond donors (Lipinski definition) is 1. The molecule has 0 fully saturated rings. The Morgan fingerprint density at radius 3 is 2.53 bits per heavy atom. The highest BCUT2D eigenvalue weighted by molar-refractivity contribution is 8.00. The third-order valence-electron chi connectivity index (χ3n) is 1.96. The van der Waals surface area contributed by atoms with Crippen molar-refractivity contribution in [1.29, 1.82) is 0 Å². The molecule has 1 rings (SSSR count). The number of hydrogen-bond acceptors (Lipinski definition) is 2. The largest absolute Gasteiger partial charge is 0.328 e. The fourth-order valence-corrected chi connectivity index (χ4v) is 2.73. The van der Waals surface area contributed by atoms with Crippen molar-refractivity contribution in [1.82, 2.24) is 0 Å². The van der Waals surface area contributed by atoms with Gasteiger partial charge in [-0.1, -0.05) is 31.5 Å². The minimum atomic E-state index is 0.149. The molecule has 0 aromatic heterocycles. The number of halogens is 1. The molecular formula is C12H18ClNS. The summed E-state index contributed by atoms with van der Waals surface area (Å²) >= 11 is 8.03. The van der Waals surface area contributed by atoms with Crippen LogP contribution in [-0.4, -0.2) is 11.3 Å². The topological polar surface area (TPSA) is 26.0 Å². The smallest absolute Gasteiger partial charge is 0.0449 e. The Bertz CT molecular complexity index is 323. The first kappa shape index (κ1) is 12.9. The van der Waals surface area contributed by atoms with Gasteiger partial charge in [-0.05, 0) is 31.0 Å². The van der Waals surface area contributed by atoms with Crippen LogP contribution in [0.15, 0.2) is 23.1 Å². The van der Waals surface area contributed by atoms with E-state index < -0.39 is 0 Å². The predicted octanol–water partition coefficient (Wildman–Crippen LogP) is 3.73. The van der Waals surface area contributed by atoms with E-state index in [1.807, 2.05) is 30.8 Å². The lowest BCUT2D eigenvalue weighted by Crippen LogP contribution is -2.18. The molecule has 0 spiro atoms.